The van der Waals surface area contributed by atoms with Gasteiger partial charge in [0, 0.05) is 29.8 Å². The van der Waals surface area contributed by atoms with Gasteiger partial charge in [-0.05, 0) is 36.4 Å². The first kappa shape index (κ1) is 16.6. The van der Waals surface area contributed by atoms with Crippen molar-refractivity contribution in [3.63, 3.8) is 0 Å². The predicted molar refractivity (Wildman–Crippen MR) is 97.4 cm³/mol. The number of furan rings is 1. The van der Waals surface area contributed by atoms with Gasteiger partial charge < -0.3 is 13.9 Å². The van der Waals surface area contributed by atoms with E-state index in [1.165, 1.54) is 6.26 Å². The topological polar surface area (TPSA) is 84.8 Å². The lowest BCUT2D eigenvalue weighted by Crippen LogP contribution is -1.96. The molecule has 0 spiro atoms. The minimum atomic E-state index is -3.22. The second kappa shape index (κ2) is 6.12. The summed E-state index contributed by atoms with van der Waals surface area (Å²) in [5.41, 5.74) is 3.22. The molecule has 1 N–H and O–H groups in total. The molecule has 0 saturated heterocycles. The highest BCUT2D eigenvalue weighted by molar-refractivity contribution is 7.90. The van der Waals surface area contributed by atoms with Gasteiger partial charge >= 0.3 is 0 Å². The Balaban J connectivity index is 1.71. The Morgan fingerprint density at radius 1 is 1.00 bits per heavy atom. The highest BCUT2D eigenvalue weighted by Gasteiger charge is 2.10. The fourth-order valence-corrected chi connectivity index (χ4v) is 3.40. The molecule has 0 fully saturated rings. The van der Waals surface area contributed by atoms with Gasteiger partial charge in [0.1, 0.15) is 23.8 Å². The summed E-state index contributed by atoms with van der Waals surface area (Å²) in [4.78, 5) is 4.86. The monoisotopic (exact) mass is 368 g/mol. The van der Waals surface area contributed by atoms with Gasteiger partial charge in [-0.2, -0.15) is 0 Å². The van der Waals surface area contributed by atoms with Crippen molar-refractivity contribution < 1.29 is 17.9 Å². The molecule has 0 saturated carbocycles. The molecule has 3 aromatic heterocycles. The first-order valence-electron chi connectivity index (χ1n) is 7.93. The Bertz CT molecular complexity index is 1190. The third kappa shape index (κ3) is 3.02. The van der Waals surface area contributed by atoms with Gasteiger partial charge in [0.2, 0.25) is 0 Å². The van der Waals surface area contributed by atoms with Crippen molar-refractivity contribution in [2.45, 2.75) is 11.5 Å². The number of fused-ring (bicyclic) bond motifs is 1. The summed E-state index contributed by atoms with van der Waals surface area (Å²) in [7, 11) is -3.22. The molecule has 132 valence electrons. The standard InChI is InChI=1S/C19H16N2O4S/c1-26(23,24)16-6-2-13(3-7-16)17-11-21-10-14(4-9-19(21)20-17)18-8-5-15(12-22)25-18/h2-11,22H,12H2,1H3. The summed E-state index contributed by atoms with van der Waals surface area (Å²) < 4.78 is 30.6. The Morgan fingerprint density at radius 3 is 2.38 bits per heavy atom. The molecule has 0 atom stereocenters. The van der Waals surface area contributed by atoms with Crippen LogP contribution in [-0.2, 0) is 16.4 Å². The lowest BCUT2D eigenvalue weighted by atomic mass is 10.2. The van der Waals surface area contributed by atoms with E-state index in [0.29, 0.717) is 11.5 Å². The molecular formula is C19H16N2O4S. The Labute approximate surface area is 150 Å². The van der Waals surface area contributed by atoms with E-state index in [4.69, 9.17) is 9.52 Å². The minimum Gasteiger partial charge on any atom is -0.459 e. The van der Waals surface area contributed by atoms with E-state index < -0.39 is 9.84 Å². The minimum absolute atomic E-state index is 0.138. The molecule has 4 rings (SSSR count). The van der Waals surface area contributed by atoms with Crippen LogP contribution in [0.25, 0.3) is 28.2 Å². The number of sulfone groups is 1. The Morgan fingerprint density at radius 2 is 1.73 bits per heavy atom. The van der Waals surface area contributed by atoms with Gasteiger partial charge in [-0.25, -0.2) is 13.4 Å². The molecule has 1 aromatic carbocycles. The molecule has 6 nitrogen and oxygen atoms in total. The first-order chi connectivity index (χ1) is 12.4. The van der Waals surface area contributed by atoms with E-state index in [2.05, 4.69) is 4.98 Å². The summed E-state index contributed by atoms with van der Waals surface area (Å²) in [6.07, 6.45) is 4.96. The maximum absolute atomic E-state index is 11.6. The van der Waals surface area contributed by atoms with Gasteiger partial charge in [0.15, 0.2) is 9.84 Å². The van der Waals surface area contributed by atoms with Crippen molar-refractivity contribution >= 4 is 15.5 Å². The van der Waals surface area contributed by atoms with E-state index in [-0.39, 0.29) is 11.5 Å². The van der Waals surface area contributed by atoms with Crippen LogP contribution in [0.4, 0.5) is 0 Å². The zero-order valence-corrected chi connectivity index (χ0v) is 14.8. The number of benzene rings is 1. The van der Waals surface area contributed by atoms with Gasteiger partial charge in [-0.3, -0.25) is 0 Å². The highest BCUT2D eigenvalue weighted by atomic mass is 32.2. The second-order valence-corrected chi connectivity index (χ2v) is 8.05. The molecule has 7 heteroatoms. The smallest absolute Gasteiger partial charge is 0.175 e. The van der Waals surface area contributed by atoms with Gasteiger partial charge in [0.05, 0.1) is 10.6 Å². The number of nitrogens with zero attached hydrogens (tertiary/aromatic N) is 2. The molecule has 0 aliphatic rings. The van der Waals surface area contributed by atoms with Crippen LogP contribution in [0.15, 0.2) is 70.2 Å². The summed E-state index contributed by atoms with van der Waals surface area (Å²) >= 11 is 0. The zero-order chi connectivity index (χ0) is 18.3. The fraction of sp³-hybridized carbons (Fsp3) is 0.105. The maximum atomic E-state index is 11.6. The number of rotatable bonds is 4. The molecule has 3 heterocycles. The summed E-state index contributed by atoms with van der Waals surface area (Å²) in [5.74, 6) is 1.18. The molecule has 0 unspecified atom stereocenters. The number of hydrogen-bond donors (Lipinski definition) is 1. The van der Waals surface area contributed by atoms with Crippen LogP contribution in [-0.4, -0.2) is 29.2 Å². The van der Waals surface area contributed by atoms with Crippen LogP contribution in [0.2, 0.25) is 0 Å². The van der Waals surface area contributed by atoms with Crippen molar-refractivity contribution in [3.8, 4) is 22.6 Å². The van der Waals surface area contributed by atoms with Crippen LogP contribution in [0, 0.1) is 0 Å². The third-order valence-corrected chi connectivity index (χ3v) is 5.26. The molecule has 0 aliphatic carbocycles. The SMILES string of the molecule is CS(=O)(=O)c1ccc(-c2cn3cc(-c4ccc(CO)o4)ccc3n2)cc1. The van der Waals surface area contributed by atoms with Crippen molar-refractivity contribution in [1.29, 1.82) is 0 Å². The van der Waals surface area contributed by atoms with Gasteiger partial charge in [-0.1, -0.05) is 12.1 Å². The van der Waals surface area contributed by atoms with Crippen LogP contribution in [0.1, 0.15) is 5.76 Å². The summed E-state index contributed by atoms with van der Waals surface area (Å²) in [5, 5.41) is 9.12. The number of aromatic nitrogens is 2. The molecule has 0 aliphatic heterocycles. The number of hydrogen-bond acceptors (Lipinski definition) is 5. The predicted octanol–water partition coefficient (Wildman–Crippen LogP) is 3.16. The van der Waals surface area contributed by atoms with E-state index in [9.17, 15) is 8.42 Å². The average Bonchev–Trinajstić information content (AvgIpc) is 3.27. The fourth-order valence-electron chi connectivity index (χ4n) is 2.77. The third-order valence-electron chi connectivity index (χ3n) is 4.13. The maximum Gasteiger partial charge on any atom is 0.175 e. The molecular weight excluding hydrogens is 352 g/mol. The summed E-state index contributed by atoms with van der Waals surface area (Å²) in [6.45, 7) is -0.138. The van der Waals surface area contributed by atoms with Crippen molar-refractivity contribution in [2.24, 2.45) is 0 Å². The number of imidazole rings is 1. The molecule has 0 radical (unpaired) electrons. The number of aliphatic hydroxyl groups excluding tert-OH is 1. The van der Waals surface area contributed by atoms with Crippen molar-refractivity contribution in [3.05, 3.63) is 66.7 Å². The highest BCUT2D eigenvalue weighted by Crippen LogP contribution is 2.25. The van der Waals surface area contributed by atoms with Gasteiger partial charge in [0.25, 0.3) is 0 Å². The normalized spacial score (nSPS) is 11.9. The average molecular weight is 368 g/mol. The van der Waals surface area contributed by atoms with Crippen molar-refractivity contribution in [1.82, 2.24) is 9.38 Å². The number of pyridine rings is 1. The lowest BCUT2D eigenvalue weighted by Gasteiger charge is -1.99. The Kier molecular flexibility index (Phi) is 3.90. The van der Waals surface area contributed by atoms with Gasteiger partial charge in [-0.15, -0.1) is 0 Å². The van der Waals surface area contributed by atoms with Crippen LogP contribution in [0.3, 0.4) is 0 Å². The molecule has 0 bridgehead atoms. The molecule has 4 aromatic rings. The molecule has 26 heavy (non-hydrogen) atoms. The first-order valence-corrected chi connectivity index (χ1v) is 9.82. The van der Waals surface area contributed by atoms with Crippen LogP contribution < -0.4 is 0 Å². The van der Waals surface area contributed by atoms with Crippen molar-refractivity contribution in [2.75, 3.05) is 6.26 Å². The van der Waals surface area contributed by atoms with Crippen LogP contribution >= 0.6 is 0 Å². The Hall–Kier alpha value is -2.90. The van der Waals surface area contributed by atoms with E-state index in [1.807, 2.05) is 35.0 Å². The molecule has 0 amide bonds. The second-order valence-electron chi connectivity index (χ2n) is 6.03. The zero-order valence-electron chi connectivity index (χ0n) is 14.0. The quantitative estimate of drug-likeness (QED) is 0.598. The lowest BCUT2D eigenvalue weighted by molar-refractivity contribution is 0.248. The summed E-state index contributed by atoms with van der Waals surface area (Å²) in [6, 6.07) is 14.0. The largest absolute Gasteiger partial charge is 0.459 e. The van der Waals surface area contributed by atoms with E-state index in [0.717, 1.165) is 22.5 Å². The van der Waals surface area contributed by atoms with Crippen LogP contribution in [0.5, 0.6) is 0 Å². The van der Waals surface area contributed by atoms with E-state index in [1.54, 1.807) is 30.3 Å². The van der Waals surface area contributed by atoms with E-state index >= 15 is 0 Å². The number of aliphatic hydroxyl groups is 1.